The Morgan fingerprint density at radius 3 is 2.50 bits per heavy atom. The van der Waals surface area contributed by atoms with E-state index in [4.69, 9.17) is 0 Å². The Balaban J connectivity index is 1.73. The Labute approximate surface area is 121 Å². The van der Waals surface area contributed by atoms with Gasteiger partial charge >= 0.3 is 5.97 Å². The molecular formula is C15H27N3O2. The molecule has 2 N–H and O–H groups in total. The Hall–Kier alpha value is -0.650. The lowest BCUT2D eigenvalue weighted by molar-refractivity contribution is -0.147. The van der Waals surface area contributed by atoms with Crippen LogP contribution in [0.5, 0.6) is 0 Å². The minimum atomic E-state index is -0.703. The quantitative estimate of drug-likeness (QED) is 0.747. The molecule has 2 unspecified atom stereocenters. The van der Waals surface area contributed by atoms with Crippen LogP contribution in [-0.2, 0) is 4.79 Å². The predicted molar refractivity (Wildman–Crippen MR) is 77.8 cm³/mol. The highest BCUT2D eigenvalue weighted by Gasteiger charge is 2.54. The third-order valence-electron chi connectivity index (χ3n) is 5.12. The molecule has 3 fully saturated rings. The second-order valence-electron chi connectivity index (χ2n) is 7.05. The van der Waals surface area contributed by atoms with Crippen molar-refractivity contribution < 1.29 is 9.90 Å². The van der Waals surface area contributed by atoms with E-state index in [1.807, 2.05) is 0 Å². The van der Waals surface area contributed by atoms with Gasteiger partial charge < -0.3 is 10.0 Å². The van der Waals surface area contributed by atoms with Gasteiger partial charge in [-0.05, 0) is 45.6 Å². The molecule has 0 radical (unpaired) electrons. The maximum atomic E-state index is 12.0. The van der Waals surface area contributed by atoms with Gasteiger partial charge in [0.15, 0.2) is 0 Å². The average molecular weight is 281 g/mol. The number of likely N-dealkylation sites (N-methyl/N-ethyl adjacent to an activating group) is 1. The van der Waals surface area contributed by atoms with E-state index in [0.29, 0.717) is 24.5 Å². The number of aliphatic carboxylic acids is 1. The average Bonchev–Trinajstić information content (AvgIpc) is 3.25. The maximum Gasteiger partial charge on any atom is 0.325 e. The highest BCUT2D eigenvalue weighted by atomic mass is 16.4. The zero-order valence-electron chi connectivity index (χ0n) is 12.6. The lowest BCUT2D eigenvalue weighted by Gasteiger charge is -2.43. The van der Waals surface area contributed by atoms with Gasteiger partial charge in [-0.3, -0.25) is 15.0 Å². The standard InChI is InChI=1S/C15H27N3O2/c1-11-9-17(2)7-8-18(11)10-15(14(19)20,12-3-4-12)16-13-5-6-13/h11-13,16H,3-10H2,1-2H3,(H,19,20). The summed E-state index contributed by atoms with van der Waals surface area (Å²) in [5.41, 5.74) is -0.703. The fourth-order valence-corrected chi connectivity index (χ4v) is 3.50. The van der Waals surface area contributed by atoms with Crippen molar-refractivity contribution in [2.75, 3.05) is 33.2 Å². The van der Waals surface area contributed by atoms with Crippen LogP contribution < -0.4 is 5.32 Å². The van der Waals surface area contributed by atoms with E-state index >= 15 is 0 Å². The minimum absolute atomic E-state index is 0.326. The van der Waals surface area contributed by atoms with E-state index in [9.17, 15) is 9.90 Å². The number of piperazine rings is 1. The summed E-state index contributed by atoms with van der Waals surface area (Å²) in [5, 5.41) is 13.4. The third kappa shape index (κ3) is 2.85. The number of carboxylic acid groups (broad SMARTS) is 1. The fraction of sp³-hybridized carbons (Fsp3) is 0.933. The normalized spacial score (nSPS) is 32.0. The summed E-state index contributed by atoms with van der Waals surface area (Å²) in [7, 11) is 2.14. The summed E-state index contributed by atoms with van der Waals surface area (Å²) in [6.45, 7) is 5.93. The molecule has 1 saturated heterocycles. The van der Waals surface area contributed by atoms with E-state index in [-0.39, 0.29) is 0 Å². The SMILES string of the molecule is CC1CN(C)CCN1CC(NC1CC1)(C(=O)O)C1CC1. The van der Waals surface area contributed by atoms with Gasteiger partial charge in [-0.15, -0.1) is 0 Å². The van der Waals surface area contributed by atoms with E-state index in [2.05, 4.69) is 29.1 Å². The van der Waals surface area contributed by atoms with Gasteiger partial charge in [0, 0.05) is 38.3 Å². The molecule has 2 atom stereocenters. The summed E-state index contributed by atoms with van der Waals surface area (Å²) in [5.74, 6) is -0.314. The predicted octanol–water partition coefficient (Wildman–Crippen LogP) is 0.608. The van der Waals surface area contributed by atoms with Crippen LogP contribution in [0.25, 0.3) is 0 Å². The molecule has 3 aliphatic rings. The number of hydrogen-bond acceptors (Lipinski definition) is 4. The van der Waals surface area contributed by atoms with Crippen molar-refractivity contribution in [3.63, 3.8) is 0 Å². The Bertz CT molecular complexity index is 381. The van der Waals surface area contributed by atoms with Gasteiger partial charge in [0.05, 0.1) is 0 Å². The Morgan fingerprint density at radius 2 is 2.00 bits per heavy atom. The monoisotopic (exact) mass is 281 g/mol. The van der Waals surface area contributed by atoms with E-state index in [1.54, 1.807) is 0 Å². The van der Waals surface area contributed by atoms with Crippen molar-refractivity contribution in [3.8, 4) is 0 Å². The summed E-state index contributed by atoms with van der Waals surface area (Å²) in [6.07, 6.45) is 4.41. The Kier molecular flexibility index (Phi) is 3.77. The molecule has 0 aromatic carbocycles. The molecule has 3 rings (SSSR count). The lowest BCUT2D eigenvalue weighted by atomic mass is 9.91. The molecule has 20 heavy (non-hydrogen) atoms. The van der Waals surface area contributed by atoms with Crippen LogP contribution in [0.2, 0.25) is 0 Å². The van der Waals surface area contributed by atoms with Gasteiger partial charge in [0.2, 0.25) is 0 Å². The first kappa shape index (κ1) is 14.3. The minimum Gasteiger partial charge on any atom is -0.480 e. The molecule has 2 saturated carbocycles. The summed E-state index contributed by atoms with van der Waals surface area (Å²) in [6, 6.07) is 0.877. The summed E-state index contributed by atoms with van der Waals surface area (Å²) < 4.78 is 0. The number of carbonyl (C=O) groups is 1. The first-order chi connectivity index (χ1) is 9.51. The number of hydrogen-bond donors (Lipinski definition) is 2. The molecule has 0 bridgehead atoms. The number of rotatable bonds is 6. The number of nitrogens with one attached hydrogen (secondary N) is 1. The lowest BCUT2D eigenvalue weighted by Crippen LogP contribution is -2.64. The van der Waals surface area contributed by atoms with Gasteiger partial charge in [0.25, 0.3) is 0 Å². The zero-order chi connectivity index (χ0) is 14.3. The molecule has 5 heteroatoms. The molecule has 1 heterocycles. The first-order valence-corrected chi connectivity index (χ1v) is 7.95. The van der Waals surface area contributed by atoms with Crippen LogP contribution in [-0.4, -0.2) is 71.7 Å². The molecular weight excluding hydrogens is 254 g/mol. The molecule has 0 amide bonds. The van der Waals surface area contributed by atoms with Crippen LogP contribution in [0, 0.1) is 5.92 Å². The highest BCUT2D eigenvalue weighted by Crippen LogP contribution is 2.42. The summed E-state index contributed by atoms with van der Waals surface area (Å²) in [4.78, 5) is 16.7. The number of carboxylic acids is 1. The van der Waals surface area contributed by atoms with Crippen molar-refractivity contribution in [1.82, 2.24) is 15.1 Å². The molecule has 5 nitrogen and oxygen atoms in total. The van der Waals surface area contributed by atoms with Crippen molar-refractivity contribution >= 4 is 5.97 Å². The Morgan fingerprint density at radius 1 is 1.30 bits per heavy atom. The van der Waals surface area contributed by atoms with Gasteiger partial charge in [-0.25, -0.2) is 0 Å². The molecule has 1 aliphatic heterocycles. The highest BCUT2D eigenvalue weighted by molar-refractivity contribution is 5.80. The zero-order valence-corrected chi connectivity index (χ0v) is 12.6. The van der Waals surface area contributed by atoms with Crippen molar-refractivity contribution in [1.29, 1.82) is 0 Å². The number of nitrogens with zero attached hydrogens (tertiary/aromatic N) is 2. The smallest absolute Gasteiger partial charge is 0.325 e. The molecule has 0 aromatic rings. The fourth-order valence-electron chi connectivity index (χ4n) is 3.50. The van der Waals surface area contributed by atoms with Crippen molar-refractivity contribution in [2.24, 2.45) is 5.92 Å². The van der Waals surface area contributed by atoms with E-state index < -0.39 is 11.5 Å². The van der Waals surface area contributed by atoms with Crippen LogP contribution in [0.15, 0.2) is 0 Å². The topological polar surface area (TPSA) is 55.8 Å². The largest absolute Gasteiger partial charge is 0.480 e. The summed E-state index contributed by atoms with van der Waals surface area (Å²) >= 11 is 0. The van der Waals surface area contributed by atoms with E-state index in [1.165, 1.54) is 0 Å². The maximum absolute atomic E-state index is 12.0. The van der Waals surface area contributed by atoms with Crippen molar-refractivity contribution in [2.45, 2.75) is 50.2 Å². The molecule has 0 spiro atoms. The second kappa shape index (κ2) is 5.28. The van der Waals surface area contributed by atoms with Gasteiger partial charge in [-0.1, -0.05) is 0 Å². The van der Waals surface area contributed by atoms with Gasteiger partial charge in [0.1, 0.15) is 5.54 Å². The molecule has 114 valence electrons. The second-order valence-corrected chi connectivity index (χ2v) is 7.05. The van der Waals surface area contributed by atoms with E-state index in [0.717, 1.165) is 45.3 Å². The molecule has 2 aliphatic carbocycles. The van der Waals surface area contributed by atoms with Gasteiger partial charge in [-0.2, -0.15) is 0 Å². The van der Waals surface area contributed by atoms with Crippen LogP contribution in [0.1, 0.15) is 32.6 Å². The third-order valence-corrected chi connectivity index (χ3v) is 5.12. The van der Waals surface area contributed by atoms with Crippen LogP contribution in [0.4, 0.5) is 0 Å². The first-order valence-electron chi connectivity index (χ1n) is 7.95. The van der Waals surface area contributed by atoms with Crippen molar-refractivity contribution in [3.05, 3.63) is 0 Å². The van der Waals surface area contributed by atoms with Crippen LogP contribution in [0.3, 0.4) is 0 Å². The molecule has 0 aromatic heterocycles. The van der Waals surface area contributed by atoms with Crippen LogP contribution >= 0.6 is 0 Å².